The zero-order valence-electron chi connectivity index (χ0n) is 33.0. The molecule has 1 aliphatic carbocycles. The van der Waals surface area contributed by atoms with E-state index in [4.69, 9.17) is 14.2 Å². The third kappa shape index (κ3) is 11.4. The standard InChI is InChI=1S/C46H58N2O8/c1-4-6-13-26-46(27-14-7-5-2)55-41-32-37(44(52)48(3)38(43(51)47-28-29-49)30-34-16-9-8-10-17-34)31-40(42(41)56-46)54-45(53)36-24-22-33(23-25-36)18-15-20-35-19-11-12-21-39(35)50/h8-12,15-19,21-25,32,38,40-42,49-50H,4-7,13-14,20,26-31H2,1-3H3,(H,47,51)/t38-,40-,41-,42+/m1/s1. The molecular weight excluding hydrogens is 709 g/mol. The second-order valence-corrected chi connectivity index (χ2v) is 14.8. The number of nitrogens with zero attached hydrogens (tertiary/aromatic N) is 1. The summed E-state index contributed by atoms with van der Waals surface area (Å²) in [6, 6.07) is 22.9. The molecule has 4 atom stereocenters. The average molecular weight is 767 g/mol. The minimum Gasteiger partial charge on any atom is -0.508 e. The summed E-state index contributed by atoms with van der Waals surface area (Å²) in [7, 11) is 1.60. The number of esters is 1. The fourth-order valence-corrected chi connectivity index (χ4v) is 7.44. The second kappa shape index (κ2) is 20.9. The van der Waals surface area contributed by atoms with Crippen molar-refractivity contribution in [2.24, 2.45) is 0 Å². The number of aliphatic hydroxyl groups is 1. The minimum absolute atomic E-state index is 0.0649. The van der Waals surface area contributed by atoms with Crippen LogP contribution in [0.3, 0.4) is 0 Å². The van der Waals surface area contributed by atoms with Crippen molar-refractivity contribution in [1.29, 1.82) is 0 Å². The lowest BCUT2D eigenvalue weighted by Gasteiger charge is -2.33. The van der Waals surface area contributed by atoms with Gasteiger partial charge in [-0.2, -0.15) is 0 Å². The number of hydrogen-bond acceptors (Lipinski definition) is 8. The number of fused-ring (bicyclic) bond motifs is 1. The molecule has 10 nitrogen and oxygen atoms in total. The number of benzene rings is 3. The SMILES string of the molecule is CCCCCC1(CCCCC)O[C@@H]2[C@@H](C=C(C(=O)N(C)[C@H](Cc3ccccc3)C(=O)NCCO)C[C@H]2OC(=O)c2ccc(C=CCc3ccccc3O)cc2)O1. The molecule has 1 fully saturated rings. The lowest BCUT2D eigenvalue weighted by Crippen LogP contribution is -2.51. The smallest absolute Gasteiger partial charge is 0.338 e. The van der Waals surface area contributed by atoms with Crippen LogP contribution in [0.1, 0.15) is 98.7 Å². The Labute approximate surface area is 331 Å². The monoisotopic (exact) mass is 766 g/mol. The fraction of sp³-hybridized carbons (Fsp3) is 0.457. The summed E-state index contributed by atoms with van der Waals surface area (Å²) >= 11 is 0. The summed E-state index contributed by atoms with van der Waals surface area (Å²) in [4.78, 5) is 43.0. The largest absolute Gasteiger partial charge is 0.508 e. The van der Waals surface area contributed by atoms with Gasteiger partial charge in [0.05, 0.1) is 12.2 Å². The first-order valence-electron chi connectivity index (χ1n) is 20.2. The van der Waals surface area contributed by atoms with Gasteiger partial charge in [0.25, 0.3) is 0 Å². The van der Waals surface area contributed by atoms with Gasteiger partial charge in [0.2, 0.25) is 11.8 Å². The number of para-hydroxylation sites is 1. The molecule has 3 aromatic carbocycles. The Morgan fingerprint density at radius 1 is 0.929 bits per heavy atom. The van der Waals surface area contributed by atoms with Crippen molar-refractivity contribution in [3.05, 3.63) is 119 Å². The van der Waals surface area contributed by atoms with E-state index in [1.165, 1.54) is 4.90 Å². The molecule has 300 valence electrons. The number of carbonyl (C=O) groups excluding carboxylic acids is 3. The molecule has 1 heterocycles. The number of carbonyl (C=O) groups is 3. The quantitative estimate of drug-likeness (QED) is 0.0805. The van der Waals surface area contributed by atoms with Crippen molar-refractivity contribution in [2.75, 3.05) is 20.2 Å². The highest BCUT2D eigenvalue weighted by molar-refractivity contribution is 5.97. The first kappa shape index (κ1) is 42.4. The lowest BCUT2D eigenvalue weighted by molar-refractivity contribution is -0.190. The highest BCUT2D eigenvalue weighted by Gasteiger charge is 2.52. The Morgan fingerprint density at radius 2 is 1.61 bits per heavy atom. The third-order valence-electron chi connectivity index (χ3n) is 10.6. The summed E-state index contributed by atoms with van der Waals surface area (Å²) in [5, 5.41) is 22.2. The number of ether oxygens (including phenoxy) is 3. The zero-order valence-corrected chi connectivity index (χ0v) is 33.0. The van der Waals surface area contributed by atoms with E-state index in [-0.39, 0.29) is 43.6 Å². The molecule has 3 aromatic rings. The van der Waals surface area contributed by atoms with Gasteiger partial charge in [-0.3, -0.25) is 9.59 Å². The highest BCUT2D eigenvalue weighted by Crippen LogP contribution is 2.43. The van der Waals surface area contributed by atoms with Gasteiger partial charge in [0.1, 0.15) is 30.1 Å². The zero-order chi connectivity index (χ0) is 39.9. The summed E-state index contributed by atoms with van der Waals surface area (Å²) < 4.78 is 19.8. The molecule has 0 saturated carbocycles. The molecule has 0 bridgehead atoms. The van der Waals surface area contributed by atoms with Gasteiger partial charge < -0.3 is 34.6 Å². The Balaban J connectivity index is 1.38. The van der Waals surface area contributed by atoms with Crippen molar-refractivity contribution < 1.29 is 38.8 Å². The molecule has 1 saturated heterocycles. The van der Waals surface area contributed by atoms with Crippen LogP contribution in [0.15, 0.2) is 96.6 Å². The van der Waals surface area contributed by atoms with Crippen LogP contribution in [-0.2, 0) is 36.6 Å². The number of nitrogens with one attached hydrogen (secondary N) is 1. The molecule has 2 amide bonds. The summed E-state index contributed by atoms with van der Waals surface area (Å²) in [5.41, 5.74) is 3.33. The minimum atomic E-state index is -0.865. The average Bonchev–Trinajstić information content (AvgIpc) is 3.58. The van der Waals surface area contributed by atoms with E-state index in [0.29, 0.717) is 30.4 Å². The van der Waals surface area contributed by atoms with Crippen LogP contribution < -0.4 is 5.32 Å². The van der Waals surface area contributed by atoms with Crippen LogP contribution in [0.2, 0.25) is 0 Å². The molecule has 0 spiro atoms. The maximum Gasteiger partial charge on any atom is 0.338 e. The van der Waals surface area contributed by atoms with E-state index in [1.54, 1.807) is 37.4 Å². The summed E-state index contributed by atoms with van der Waals surface area (Å²) in [6.45, 7) is 4.15. The number of allylic oxidation sites excluding steroid dienone is 1. The molecule has 2 aliphatic rings. The molecule has 5 rings (SSSR count). The van der Waals surface area contributed by atoms with Gasteiger partial charge in [-0.15, -0.1) is 0 Å². The molecule has 10 heteroatoms. The summed E-state index contributed by atoms with van der Waals surface area (Å²) in [5.74, 6) is -1.90. The van der Waals surface area contributed by atoms with E-state index in [9.17, 15) is 24.6 Å². The van der Waals surface area contributed by atoms with Crippen molar-refractivity contribution in [3.63, 3.8) is 0 Å². The normalized spacial score (nSPS) is 19.2. The third-order valence-corrected chi connectivity index (χ3v) is 10.6. The first-order valence-corrected chi connectivity index (χ1v) is 20.2. The van der Waals surface area contributed by atoms with Crippen LogP contribution in [0, 0.1) is 0 Å². The number of phenols is 1. The number of phenolic OH excluding ortho intramolecular Hbond substituents is 1. The Kier molecular flexibility index (Phi) is 15.9. The van der Waals surface area contributed by atoms with Crippen LogP contribution >= 0.6 is 0 Å². The Bertz CT molecular complexity index is 1780. The predicted octanol–water partition coefficient (Wildman–Crippen LogP) is 7.32. The maximum atomic E-state index is 14.4. The molecular formula is C46H58N2O8. The first-order chi connectivity index (χ1) is 27.2. The molecule has 56 heavy (non-hydrogen) atoms. The van der Waals surface area contributed by atoms with Crippen molar-refractivity contribution in [3.8, 4) is 5.75 Å². The van der Waals surface area contributed by atoms with E-state index < -0.39 is 36.1 Å². The Hall–Kier alpha value is -4.77. The predicted molar refractivity (Wildman–Crippen MR) is 217 cm³/mol. The van der Waals surface area contributed by atoms with E-state index >= 15 is 0 Å². The summed E-state index contributed by atoms with van der Waals surface area (Å²) in [6.07, 6.45) is 11.9. The molecule has 0 radical (unpaired) electrons. The van der Waals surface area contributed by atoms with Crippen LogP contribution in [0.5, 0.6) is 5.75 Å². The van der Waals surface area contributed by atoms with Crippen molar-refractivity contribution in [2.45, 2.75) is 115 Å². The van der Waals surface area contributed by atoms with E-state index in [1.807, 2.05) is 66.7 Å². The van der Waals surface area contributed by atoms with Crippen LogP contribution in [-0.4, -0.2) is 83.2 Å². The number of hydrogen-bond donors (Lipinski definition) is 3. The highest BCUT2D eigenvalue weighted by atomic mass is 16.8. The molecule has 3 N–H and O–H groups in total. The van der Waals surface area contributed by atoms with E-state index in [0.717, 1.165) is 55.2 Å². The number of unbranched alkanes of at least 4 members (excludes halogenated alkanes) is 4. The molecule has 0 unspecified atom stereocenters. The van der Waals surface area contributed by atoms with Gasteiger partial charge in [0.15, 0.2) is 5.79 Å². The number of aromatic hydroxyl groups is 1. The fourth-order valence-electron chi connectivity index (χ4n) is 7.44. The second-order valence-electron chi connectivity index (χ2n) is 14.8. The number of rotatable bonds is 20. The van der Waals surface area contributed by atoms with Crippen molar-refractivity contribution >= 4 is 23.9 Å². The van der Waals surface area contributed by atoms with Gasteiger partial charge in [-0.1, -0.05) is 112 Å². The van der Waals surface area contributed by atoms with E-state index in [2.05, 4.69) is 19.2 Å². The number of amides is 2. The molecule has 1 aliphatic heterocycles. The van der Waals surface area contributed by atoms with Crippen molar-refractivity contribution in [1.82, 2.24) is 10.2 Å². The van der Waals surface area contributed by atoms with Gasteiger partial charge >= 0.3 is 5.97 Å². The van der Waals surface area contributed by atoms with Gasteiger partial charge in [0, 0.05) is 44.8 Å². The maximum absolute atomic E-state index is 14.4. The van der Waals surface area contributed by atoms with Gasteiger partial charge in [-0.05, 0) is 60.2 Å². The Morgan fingerprint density at radius 3 is 2.27 bits per heavy atom. The molecule has 0 aromatic heterocycles. The lowest BCUT2D eigenvalue weighted by atomic mass is 9.90. The topological polar surface area (TPSA) is 135 Å². The number of aliphatic hydroxyl groups excluding tert-OH is 1. The number of likely N-dealkylation sites (N-methyl/N-ethyl adjacent to an activating group) is 1. The van der Waals surface area contributed by atoms with Crippen LogP contribution in [0.25, 0.3) is 6.08 Å². The van der Waals surface area contributed by atoms with Crippen LogP contribution in [0.4, 0.5) is 0 Å². The van der Waals surface area contributed by atoms with Gasteiger partial charge in [-0.25, -0.2) is 4.79 Å².